The van der Waals surface area contributed by atoms with Crippen molar-refractivity contribution >= 4 is 16.9 Å². The maximum absolute atomic E-state index is 14.2. The summed E-state index contributed by atoms with van der Waals surface area (Å²) in [4.78, 5) is 17.3. The minimum absolute atomic E-state index is 0.169. The predicted octanol–water partition coefficient (Wildman–Crippen LogP) is 4.71. The maximum Gasteiger partial charge on any atom is 0.251 e. The van der Waals surface area contributed by atoms with E-state index in [1.54, 1.807) is 24.3 Å². The highest BCUT2D eigenvalue weighted by atomic mass is 19.1. The molecule has 4 rings (SSSR count). The second-order valence-electron chi connectivity index (χ2n) is 6.70. The van der Waals surface area contributed by atoms with Crippen LogP contribution in [-0.2, 0) is 6.54 Å². The van der Waals surface area contributed by atoms with Crippen molar-refractivity contribution in [2.45, 2.75) is 19.5 Å². The van der Waals surface area contributed by atoms with E-state index in [-0.39, 0.29) is 17.8 Å². The van der Waals surface area contributed by atoms with Crippen LogP contribution < -0.4 is 5.32 Å². The Kier molecular flexibility index (Phi) is 4.89. The molecule has 0 aliphatic carbocycles. The predicted molar refractivity (Wildman–Crippen MR) is 108 cm³/mol. The number of rotatable bonds is 5. The zero-order chi connectivity index (χ0) is 19.5. The maximum atomic E-state index is 14.2. The fraction of sp³-hybridized carbons (Fsp3) is 0.130. The molecule has 5 heteroatoms. The van der Waals surface area contributed by atoms with Crippen LogP contribution in [0.3, 0.4) is 0 Å². The third kappa shape index (κ3) is 3.51. The molecule has 1 N–H and O–H groups in total. The van der Waals surface area contributed by atoms with Gasteiger partial charge >= 0.3 is 0 Å². The van der Waals surface area contributed by atoms with Crippen molar-refractivity contribution in [1.82, 2.24) is 14.9 Å². The number of hydrogen-bond acceptors (Lipinski definition) is 2. The average molecular weight is 373 g/mol. The van der Waals surface area contributed by atoms with Gasteiger partial charge in [0, 0.05) is 11.1 Å². The van der Waals surface area contributed by atoms with Crippen LogP contribution in [0.2, 0.25) is 0 Å². The van der Waals surface area contributed by atoms with Crippen LogP contribution in [0.4, 0.5) is 4.39 Å². The van der Waals surface area contributed by atoms with E-state index in [1.807, 2.05) is 60.0 Å². The number of aromatic nitrogens is 2. The third-order valence-electron chi connectivity index (χ3n) is 4.74. The van der Waals surface area contributed by atoms with Gasteiger partial charge in [-0.25, -0.2) is 9.37 Å². The lowest BCUT2D eigenvalue weighted by molar-refractivity contribution is 0.0937. The Morgan fingerprint density at radius 2 is 1.68 bits per heavy atom. The minimum Gasteiger partial charge on any atom is -0.342 e. The van der Waals surface area contributed by atoms with Gasteiger partial charge in [0.15, 0.2) is 0 Å². The monoisotopic (exact) mass is 373 g/mol. The van der Waals surface area contributed by atoms with E-state index in [1.165, 1.54) is 6.07 Å². The molecule has 1 heterocycles. The first-order valence-electron chi connectivity index (χ1n) is 9.18. The van der Waals surface area contributed by atoms with Gasteiger partial charge in [-0.15, -0.1) is 0 Å². The number of halogens is 1. The van der Waals surface area contributed by atoms with Crippen LogP contribution in [0.1, 0.15) is 34.7 Å². The van der Waals surface area contributed by atoms with Gasteiger partial charge in [-0.1, -0.05) is 48.5 Å². The van der Waals surface area contributed by atoms with Gasteiger partial charge in [-0.2, -0.15) is 0 Å². The largest absolute Gasteiger partial charge is 0.342 e. The number of carbonyl (C=O) groups excluding carboxylic acids is 1. The molecule has 0 saturated heterocycles. The summed E-state index contributed by atoms with van der Waals surface area (Å²) in [7, 11) is 0. The second kappa shape index (κ2) is 7.64. The number of nitrogens with zero attached hydrogens (tertiary/aromatic N) is 2. The van der Waals surface area contributed by atoms with E-state index in [0.717, 1.165) is 11.0 Å². The lowest BCUT2D eigenvalue weighted by Crippen LogP contribution is -2.28. The molecule has 0 saturated carbocycles. The molecule has 28 heavy (non-hydrogen) atoms. The molecule has 0 unspecified atom stereocenters. The molecule has 3 aromatic carbocycles. The molecular weight excluding hydrogens is 353 g/mol. The number of para-hydroxylation sites is 2. The molecule has 0 spiro atoms. The zero-order valence-corrected chi connectivity index (χ0v) is 15.5. The number of fused-ring (bicyclic) bond motifs is 1. The van der Waals surface area contributed by atoms with Gasteiger partial charge in [0.25, 0.3) is 5.91 Å². The van der Waals surface area contributed by atoms with Crippen LogP contribution in [0, 0.1) is 5.82 Å². The quantitative estimate of drug-likeness (QED) is 0.550. The first-order valence-corrected chi connectivity index (χ1v) is 9.18. The Hall–Kier alpha value is -3.47. The summed E-state index contributed by atoms with van der Waals surface area (Å²) in [5.41, 5.74) is 2.89. The second-order valence-corrected chi connectivity index (χ2v) is 6.70. The van der Waals surface area contributed by atoms with Crippen molar-refractivity contribution in [3.05, 3.63) is 102 Å². The highest BCUT2D eigenvalue weighted by molar-refractivity contribution is 5.94. The average Bonchev–Trinajstić information content (AvgIpc) is 3.09. The van der Waals surface area contributed by atoms with E-state index >= 15 is 0 Å². The van der Waals surface area contributed by atoms with Crippen LogP contribution in [-0.4, -0.2) is 15.5 Å². The van der Waals surface area contributed by atoms with Crippen LogP contribution >= 0.6 is 0 Å². The Morgan fingerprint density at radius 1 is 1.00 bits per heavy atom. The SMILES string of the molecule is C[C@@H](NC(=O)c1ccccc1)c1nc2ccccc2n1Cc1ccccc1F. The molecular formula is C23H20FN3O. The summed E-state index contributed by atoms with van der Waals surface area (Å²) < 4.78 is 16.2. The van der Waals surface area contributed by atoms with Crippen molar-refractivity contribution < 1.29 is 9.18 Å². The summed E-state index contributed by atoms with van der Waals surface area (Å²) in [6.45, 7) is 2.23. The highest BCUT2D eigenvalue weighted by Gasteiger charge is 2.19. The minimum atomic E-state index is -0.341. The lowest BCUT2D eigenvalue weighted by Gasteiger charge is -2.17. The fourth-order valence-corrected chi connectivity index (χ4v) is 3.32. The number of nitrogens with one attached hydrogen (secondary N) is 1. The number of benzene rings is 3. The standard InChI is InChI=1S/C23H20FN3O/c1-16(25-23(28)17-9-3-2-4-10-17)22-26-20-13-7-8-14-21(20)27(22)15-18-11-5-6-12-19(18)24/h2-14,16H,15H2,1H3,(H,25,28)/t16-/m1/s1. The molecule has 0 aliphatic rings. The summed E-state index contributed by atoms with van der Waals surface area (Å²) >= 11 is 0. The topological polar surface area (TPSA) is 46.9 Å². The number of carbonyl (C=O) groups is 1. The highest BCUT2D eigenvalue weighted by Crippen LogP contribution is 2.23. The van der Waals surface area contributed by atoms with Crippen LogP contribution in [0.5, 0.6) is 0 Å². The smallest absolute Gasteiger partial charge is 0.251 e. The first kappa shape index (κ1) is 17.9. The Morgan fingerprint density at radius 3 is 2.46 bits per heavy atom. The van der Waals surface area contributed by atoms with Crippen molar-refractivity contribution in [3.8, 4) is 0 Å². The van der Waals surface area contributed by atoms with Crippen molar-refractivity contribution in [2.24, 2.45) is 0 Å². The van der Waals surface area contributed by atoms with E-state index in [0.29, 0.717) is 23.5 Å². The van der Waals surface area contributed by atoms with Crippen molar-refractivity contribution in [3.63, 3.8) is 0 Å². The number of hydrogen-bond donors (Lipinski definition) is 1. The van der Waals surface area contributed by atoms with Gasteiger partial charge in [0.2, 0.25) is 0 Å². The molecule has 140 valence electrons. The summed E-state index contributed by atoms with van der Waals surface area (Å²) in [6, 6.07) is 23.1. The van der Waals surface area contributed by atoms with Gasteiger partial charge in [0.05, 0.1) is 23.6 Å². The van der Waals surface area contributed by atoms with Gasteiger partial charge in [0.1, 0.15) is 11.6 Å². The van der Waals surface area contributed by atoms with E-state index < -0.39 is 0 Å². The third-order valence-corrected chi connectivity index (χ3v) is 4.74. The number of imidazole rings is 1. The van der Waals surface area contributed by atoms with E-state index in [2.05, 4.69) is 5.32 Å². The summed E-state index contributed by atoms with van der Waals surface area (Å²) in [6.07, 6.45) is 0. The Bertz CT molecular complexity index is 1120. The van der Waals surface area contributed by atoms with Crippen molar-refractivity contribution in [2.75, 3.05) is 0 Å². The molecule has 1 aromatic heterocycles. The van der Waals surface area contributed by atoms with Gasteiger partial charge < -0.3 is 9.88 Å². The molecule has 4 nitrogen and oxygen atoms in total. The Labute approximate surface area is 162 Å². The summed E-state index contributed by atoms with van der Waals surface area (Å²) in [5.74, 6) is 0.263. The van der Waals surface area contributed by atoms with Gasteiger partial charge in [-0.05, 0) is 37.3 Å². The first-order chi connectivity index (χ1) is 13.6. The molecule has 0 fully saturated rings. The van der Waals surface area contributed by atoms with Crippen LogP contribution in [0.25, 0.3) is 11.0 Å². The molecule has 0 bridgehead atoms. The van der Waals surface area contributed by atoms with Crippen molar-refractivity contribution in [1.29, 1.82) is 0 Å². The van der Waals surface area contributed by atoms with Crippen LogP contribution in [0.15, 0.2) is 78.9 Å². The number of amides is 1. The van der Waals surface area contributed by atoms with E-state index in [9.17, 15) is 9.18 Å². The Balaban J connectivity index is 1.70. The molecule has 1 amide bonds. The van der Waals surface area contributed by atoms with E-state index in [4.69, 9.17) is 4.98 Å². The summed E-state index contributed by atoms with van der Waals surface area (Å²) in [5, 5.41) is 3.00. The normalized spacial score (nSPS) is 12.1. The van der Waals surface area contributed by atoms with Gasteiger partial charge in [-0.3, -0.25) is 4.79 Å². The molecule has 0 aliphatic heterocycles. The molecule has 0 radical (unpaired) electrons. The fourth-order valence-electron chi connectivity index (χ4n) is 3.32. The molecule has 1 atom stereocenters. The molecule has 4 aromatic rings. The zero-order valence-electron chi connectivity index (χ0n) is 15.5. The lowest BCUT2D eigenvalue weighted by atomic mass is 10.2.